The number of rotatable bonds is 11. The molecule has 2 aliphatic rings. The zero-order chi connectivity index (χ0) is 32.2. The molecule has 44 heavy (non-hydrogen) atoms. The summed E-state index contributed by atoms with van der Waals surface area (Å²) < 4.78 is 18.4. The molecule has 1 unspecified atom stereocenters. The number of nitrogens with zero attached hydrogens (tertiary/aromatic N) is 1. The molecule has 1 saturated heterocycles. The van der Waals surface area contributed by atoms with Gasteiger partial charge in [0.15, 0.2) is 0 Å². The summed E-state index contributed by atoms with van der Waals surface area (Å²) in [5.41, 5.74) is 1.89. The van der Waals surface area contributed by atoms with Gasteiger partial charge in [-0.15, -0.1) is 0 Å². The van der Waals surface area contributed by atoms with Crippen LogP contribution in [0.5, 0.6) is 0 Å². The van der Waals surface area contributed by atoms with Crippen molar-refractivity contribution in [3.63, 3.8) is 0 Å². The number of hydrogen-bond acceptors (Lipinski definition) is 4. The number of amides is 1. The van der Waals surface area contributed by atoms with Crippen LogP contribution in [-0.4, -0.2) is 35.4 Å². The predicted molar refractivity (Wildman–Crippen MR) is 182 cm³/mol. The van der Waals surface area contributed by atoms with Crippen LogP contribution in [0.3, 0.4) is 0 Å². The van der Waals surface area contributed by atoms with Crippen molar-refractivity contribution in [2.24, 2.45) is 16.7 Å². The summed E-state index contributed by atoms with van der Waals surface area (Å²) in [6, 6.07) is 17.8. The second kappa shape index (κ2) is 14.2. The van der Waals surface area contributed by atoms with Crippen LogP contribution in [0.1, 0.15) is 111 Å². The molecule has 1 heterocycles. The summed E-state index contributed by atoms with van der Waals surface area (Å²) >= 11 is 6.16. The van der Waals surface area contributed by atoms with Gasteiger partial charge in [-0.25, -0.2) is 4.79 Å². The van der Waals surface area contributed by atoms with Gasteiger partial charge >= 0.3 is 13.2 Å². The Balaban J connectivity index is 1.37. The monoisotopic (exact) mass is 623 g/mol. The molecule has 1 amide bonds. The third kappa shape index (κ3) is 8.41. The highest BCUT2D eigenvalue weighted by molar-refractivity contribution is 6.45. The van der Waals surface area contributed by atoms with E-state index in [4.69, 9.17) is 25.6 Å². The molecule has 1 atom stereocenters. The molecule has 4 rings (SSSR count). The molecule has 2 fully saturated rings. The standard InChI is InChI=1S/C37H55BClNO4/c1-34(2,3)37(8,24-12-13-25-38-43-35(4,5)36(6,7)44-38)30-18-22-32(23-19-30)40(26-28-16-20-31(39)21-17-28)33(41)42-27-29-14-10-9-11-15-29/h9-11,14-17,20-21,30,32H,12-13,18-19,22-27H2,1-8H3/t30-,32+,37?. The van der Waals surface area contributed by atoms with Gasteiger partial charge in [0.05, 0.1) is 11.2 Å². The molecular weight excluding hydrogens is 569 g/mol. The van der Waals surface area contributed by atoms with E-state index in [2.05, 4.69) is 55.4 Å². The fourth-order valence-electron chi connectivity index (χ4n) is 7.03. The van der Waals surface area contributed by atoms with E-state index in [0.717, 1.165) is 56.0 Å². The maximum absolute atomic E-state index is 13.5. The molecule has 1 aliphatic heterocycles. The van der Waals surface area contributed by atoms with Gasteiger partial charge in [0.25, 0.3) is 0 Å². The smallest absolute Gasteiger partial charge is 0.445 e. The van der Waals surface area contributed by atoms with Crippen molar-refractivity contribution in [1.29, 1.82) is 0 Å². The molecule has 5 nitrogen and oxygen atoms in total. The van der Waals surface area contributed by atoms with E-state index in [-0.39, 0.29) is 47.9 Å². The Morgan fingerprint density at radius 3 is 2.05 bits per heavy atom. The quantitative estimate of drug-likeness (QED) is 0.185. The minimum atomic E-state index is -0.272. The van der Waals surface area contributed by atoms with Gasteiger partial charge in [-0.1, -0.05) is 94.6 Å². The Labute approximate surface area is 272 Å². The molecule has 1 saturated carbocycles. The Kier molecular flexibility index (Phi) is 11.2. The molecule has 0 spiro atoms. The van der Waals surface area contributed by atoms with Gasteiger partial charge in [0.2, 0.25) is 0 Å². The van der Waals surface area contributed by atoms with Gasteiger partial charge in [-0.05, 0) is 106 Å². The lowest BCUT2D eigenvalue weighted by molar-refractivity contribution is -0.0129. The molecular formula is C37H55BClNO4. The Bertz CT molecular complexity index is 1190. The molecule has 242 valence electrons. The van der Waals surface area contributed by atoms with Crippen LogP contribution in [0.2, 0.25) is 11.3 Å². The molecule has 7 heteroatoms. The lowest BCUT2D eigenvalue weighted by Crippen LogP contribution is -2.46. The van der Waals surface area contributed by atoms with E-state index in [9.17, 15) is 4.79 Å². The van der Waals surface area contributed by atoms with Crippen LogP contribution in [0.25, 0.3) is 0 Å². The van der Waals surface area contributed by atoms with Gasteiger partial charge in [-0.2, -0.15) is 0 Å². The lowest BCUT2D eigenvalue weighted by atomic mass is 9.55. The molecule has 0 N–H and O–H groups in total. The highest BCUT2D eigenvalue weighted by Gasteiger charge is 2.51. The molecule has 0 bridgehead atoms. The molecule has 1 aliphatic carbocycles. The van der Waals surface area contributed by atoms with Crippen molar-refractivity contribution < 1.29 is 18.8 Å². The van der Waals surface area contributed by atoms with Crippen molar-refractivity contribution in [2.75, 3.05) is 0 Å². The number of halogens is 1. The number of unbranched alkanes of at least 4 members (excludes halogenated alkanes) is 1. The second-order valence-electron chi connectivity index (χ2n) is 15.4. The van der Waals surface area contributed by atoms with E-state index >= 15 is 0 Å². The van der Waals surface area contributed by atoms with Crippen molar-refractivity contribution in [1.82, 2.24) is 4.90 Å². The molecule has 0 aromatic heterocycles. The predicted octanol–water partition coefficient (Wildman–Crippen LogP) is 10.4. The Hall–Kier alpha value is -2.02. The minimum absolute atomic E-state index is 0.121. The van der Waals surface area contributed by atoms with Gasteiger partial charge in [0.1, 0.15) is 6.61 Å². The fourth-order valence-corrected chi connectivity index (χ4v) is 7.16. The van der Waals surface area contributed by atoms with Crippen molar-refractivity contribution >= 4 is 24.8 Å². The SMILES string of the molecule is CC1(C)OB(CCCCC(C)([C@H]2CC[C@@H](N(Cc3ccc(Cl)cc3)C(=O)OCc3ccccc3)CC2)C(C)(C)C)OC1(C)C. The first-order chi connectivity index (χ1) is 20.6. The summed E-state index contributed by atoms with van der Waals surface area (Å²) in [7, 11) is -0.121. The van der Waals surface area contributed by atoms with E-state index in [1.165, 1.54) is 6.42 Å². The Morgan fingerprint density at radius 1 is 0.886 bits per heavy atom. The van der Waals surface area contributed by atoms with E-state index in [1.54, 1.807) is 0 Å². The average Bonchev–Trinajstić information content (AvgIpc) is 3.19. The Morgan fingerprint density at radius 2 is 1.48 bits per heavy atom. The number of carbonyl (C=O) groups is 1. The first-order valence-corrected chi connectivity index (χ1v) is 17.1. The van der Waals surface area contributed by atoms with Crippen molar-refractivity contribution in [3.05, 3.63) is 70.7 Å². The van der Waals surface area contributed by atoms with E-state index in [1.807, 2.05) is 59.5 Å². The molecule has 2 aromatic rings. The first-order valence-electron chi connectivity index (χ1n) is 16.7. The van der Waals surface area contributed by atoms with Crippen LogP contribution in [-0.2, 0) is 27.2 Å². The summed E-state index contributed by atoms with van der Waals surface area (Å²) in [6.45, 7) is 19.0. The lowest BCUT2D eigenvalue weighted by Gasteiger charge is -2.51. The van der Waals surface area contributed by atoms with Crippen molar-refractivity contribution in [3.8, 4) is 0 Å². The number of carbonyl (C=O) groups excluding carboxylic acids is 1. The van der Waals surface area contributed by atoms with Crippen LogP contribution in [0.15, 0.2) is 54.6 Å². The highest BCUT2D eigenvalue weighted by Crippen LogP contribution is 2.53. The number of hydrogen-bond donors (Lipinski definition) is 0. The highest BCUT2D eigenvalue weighted by atomic mass is 35.5. The van der Waals surface area contributed by atoms with Crippen molar-refractivity contribution in [2.45, 2.75) is 137 Å². The first kappa shape index (κ1) is 34.9. The summed E-state index contributed by atoms with van der Waals surface area (Å²) in [5, 5.41) is 0.699. The largest absolute Gasteiger partial charge is 0.457 e. The third-order valence-electron chi connectivity index (χ3n) is 11.1. The summed E-state index contributed by atoms with van der Waals surface area (Å²) in [4.78, 5) is 15.5. The topological polar surface area (TPSA) is 48.0 Å². The van der Waals surface area contributed by atoms with Gasteiger partial charge in [0, 0.05) is 17.6 Å². The molecule has 2 aromatic carbocycles. The zero-order valence-corrected chi connectivity index (χ0v) is 29.2. The third-order valence-corrected chi connectivity index (χ3v) is 11.4. The van der Waals surface area contributed by atoms with Crippen LogP contribution < -0.4 is 0 Å². The maximum Gasteiger partial charge on any atom is 0.457 e. The molecule has 0 radical (unpaired) electrons. The average molecular weight is 624 g/mol. The van der Waals surface area contributed by atoms with Crippen LogP contribution >= 0.6 is 11.6 Å². The summed E-state index contributed by atoms with van der Waals surface area (Å²) in [6.07, 6.45) is 8.32. The van der Waals surface area contributed by atoms with E-state index in [0.29, 0.717) is 17.5 Å². The zero-order valence-electron chi connectivity index (χ0n) is 28.5. The number of ether oxygens (including phenoxy) is 1. The van der Waals surface area contributed by atoms with Gasteiger partial charge in [-0.3, -0.25) is 0 Å². The van der Waals surface area contributed by atoms with Crippen LogP contribution in [0, 0.1) is 16.7 Å². The van der Waals surface area contributed by atoms with Crippen LogP contribution in [0.4, 0.5) is 4.79 Å². The maximum atomic E-state index is 13.5. The minimum Gasteiger partial charge on any atom is -0.445 e. The second-order valence-corrected chi connectivity index (χ2v) is 15.8. The number of benzene rings is 2. The fraction of sp³-hybridized carbons (Fsp3) is 0.649. The van der Waals surface area contributed by atoms with Gasteiger partial charge < -0.3 is 18.9 Å². The summed E-state index contributed by atoms with van der Waals surface area (Å²) in [5.74, 6) is 0.605. The van der Waals surface area contributed by atoms with E-state index < -0.39 is 0 Å². The normalized spacial score (nSPS) is 22.8.